The van der Waals surface area contributed by atoms with Crippen LogP contribution in [0.4, 0.5) is 11.4 Å². The van der Waals surface area contributed by atoms with Crippen molar-refractivity contribution in [3.63, 3.8) is 0 Å². The number of unbranched alkanes of at least 4 members (excludes halogenated alkanes) is 1. The summed E-state index contributed by atoms with van der Waals surface area (Å²) in [6.45, 7) is 13.5. The van der Waals surface area contributed by atoms with Crippen molar-refractivity contribution in [3.8, 4) is 22.3 Å². The fraction of sp³-hybridized carbons (Fsp3) is 0.133. The van der Waals surface area contributed by atoms with Crippen LogP contribution in [0.2, 0.25) is 0 Å². The van der Waals surface area contributed by atoms with Crippen molar-refractivity contribution in [2.75, 3.05) is 4.90 Å². The fourth-order valence-electron chi connectivity index (χ4n) is 10.2. The largest absolute Gasteiger partial charge is 0.315 e. The van der Waals surface area contributed by atoms with E-state index in [1.165, 1.54) is 77.2 Å². The summed E-state index contributed by atoms with van der Waals surface area (Å²) in [5.41, 5.74) is 16.1. The molecule has 0 saturated heterocycles. The van der Waals surface area contributed by atoms with Crippen LogP contribution in [0, 0.1) is 0 Å². The topological polar surface area (TPSA) is 3.24 Å². The van der Waals surface area contributed by atoms with Crippen molar-refractivity contribution < 1.29 is 0 Å². The molecule has 2 aliphatic rings. The van der Waals surface area contributed by atoms with Gasteiger partial charge in [0.2, 0.25) is 0 Å². The first-order chi connectivity index (χ1) is 29.9. The highest BCUT2D eigenvalue weighted by Gasteiger charge is 2.38. The average Bonchev–Trinajstić information content (AvgIpc) is 3.75. The highest BCUT2D eigenvalue weighted by molar-refractivity contribution is 6.08. The summed E-state index contributed by atoms with van der Waals surface area (Å²) < 4.78 is 0. The molecule has 0 heterocycles. The maximum atomic E-state index is 4.86. The number of nitrogens with zero attached hydrogens (tertiary/aromatic N) is 1. The highest BCUT2D eigenvalue weighted by atomic mass is 15.1. The molecule has 0 radical (unpaired) electrons. The Hall–Kier alpha value is -6.96. The van der Waals surface area contributed by atoms with Gasteiger partial charge in [0.05, 0.1) is 5.41 Å². The lowest BCUT2D eigenvalue weighted by Gasteiger charge is -2.28. The third-order valence-corrected chi connectivity index (χ3v) is 13.3. The van der Waals surface area contributed by atoms with Gasteiger partial charge in [-0.2, -0.15) is 0 Å². The van der Waals surface area contributed by atoms with Gasteiger partial charge in [-0.25, -0.2) is 0 Å². The SMILES string of the molecule is C=CCC/C=C/C1(c2ccccc2)C=C(CCC(=C)N(c2ccc(-c3ccc4c(c3)C(C)(C)c3ccccc3-4)cc2)c2ccc3ccc4ccccc4c3c2)c2ccccc21. The normalized spacial score (nSPS) is 16.0. The minimum atomic E-state index is -0.333. The lowest BCUT2D eigenvalue weighted by Crippen LogP contribution is -2.20. The molecule has 0 spiro atoms. The number of hydrogen-bond donors (Lipinski definition) is 0. The molecule has 1 atom stereocenters. The first-order valence-electron chi connectivity index (χ1n) is 21.8. The van der Waals surface area contributed by atoms with E-state index in [2.05, 4.69) is 219 Å². The predicted octanol–water partition coefficient (Wildman–Crippen LogP) is 16.3. The third-order valence-electron chi connectivity index (χ3n) is 13.3. The Balaban J connectivity index is 1.02. The molecule has 61 heavy (non-hydrogen) atoms. The van der Waals surface area contributed by atoms with Crippen LogP contribution < -0.4 is 4.90 Å². The van der Waals surface area contributed by atoms with Crippen LogP contribution in [0.15, 0.2) is 219 Å². The van der Waals surface area contributed by atoms with E-state index in [0.717, 1.165) is 42.8 Å². The number of benzene rings is 8. The van der Waals surface area contributed by atoms with Gasteiger partial charge in [0.15, 0.2) is 0 Å². The van der Waals surface area contributed by atoms with E-state index < -0.39 is 0 Å². The molecular formula is C60H51N. The van der Waals surface area contributed by atoms with Crippen molar-refractivity contribution in [2.45, 2.75) is 50.4 Å². The van der Waals surface area contributed by atoms with Crippen molar-refractivity contribution in [1.82, 2.24) is 0 Å². The van der Waals surface area contributed by atoms with Crippen LogP contribution in [-0.4, -0.2) is 0 Å². The zero-order valence-electron chi connectivity index (χ0n) is 35.2. The summed E-state index contributed by atoms with van der Waals surface area (Å²) in [5.74, 6) is 0. The second-order valence-electron chi connectivity index (χ2n) is 17.3. The molecule has 1 unspecified atom stereocenters. The molecule has 0 amide bonds. The van der Waals surface area contributed by atoms with Gasteiger partial charge in [0.25, 0.3) is 0 Å². The predicted molar refractivity (Wildman–Crippen MR) is 262 cm³/mol. The van der Waals surface area contributed by atoms with Crippen molar-refractivity contribution in [3.05, 3.63) is 247 Å². The fourth-order valence-corrected chi connectivity index (χ4v) is 10.2. The molecule has 0 N–H and O–H groups in total. The van der Waals surface area contributed by atoms with Crippen LogP contribution in [0.1, 0.15) is 67.3 Å². The van der Waals surface area contributed by atoms with Crippen LogP contribution in [0.5, 0.6) is 0 Å². The van der Waals surface area contributed by atoms with E-state index in [4.69, 9.17) is 6.58 Å². The molecule has 0 saturated carbocycles. The van der Waals surface area contributed by atoms with Crippen LogP contribution in [0.25, 0.3) is 49.4 Å². The molecule has 10 rings (SSSR count). The summed E-state index contributed by atoms with van der Waals surface area (Å²) >= 11 is 0. The van der Waals surface area contributed by atoms with Gasteiger partial charge in [-0.15, -0.1) is 6.58 Å². The smallest absolute Gasteiger partial charge is 0.0574 e. The Morgan fingerprint density at radius 1 is 0.557 bits per heavy atom. The summed E-state index contributed by atoms with van der Waals surface area (Å²) in [6, 6.07) is 65.0. The monoisotopic (exact) mass is 785 g/mol. The van der Waals surface area contributed by atoms with Gasteiger partial charge in [-0.05, 0) is 133 Å². The number of rotatable bonds is 12. The standard InChI is InChI=1S/C60H51N/c1-5-6-7-17-38-60(48-19-9-8-10-20-48)41-47(52-22-13-16-25-57(52)60)27-26-42(2)61(50-36-32-45-29-28-44-18-11-12-21-51(44)55(45)40-50)49-34-30-43(31-35-49)46-33-37-54-53-23-14-15-24-56(53)59(3,4)58(54)39-46/h5,8-25,28-41H,1-2,6-7,26-27H2,3-4H3/b38-17+. The Morgan fingerprint density at radius 3 is 2.00 bits per heavy atom. The number of hydrogen-bond acceptors (Lipinski definition) is 1. The van der Waals surface area contributed by atoms with E-state index >= 15 is 0 Å². The van der Waals surface area contributed by atoms with Crippen LogP contribution >= 0.6 is 0 Å². The van der Waals surface area contributed by atoms with Crippen molar-refractivity contribution >= 4 is 38.5 Å². The summed E-state index contributed by atoms with van der Waals surface area (Å²) in [6.07, 6.45) is 12.8. The molecule has 8 aromatic carbocycles. The lowest BCUT2D eigenvalue weighted by molar-refractivity contribution is 0.660. The zero-order chi connectivity index (χ0) is 41.6. The van der Waals surface area contributed by atoms with E-state index in [9.17, 15) is 0 Å². The number of allylic oxidation sites excluding steroid dienone is 6. The molecule has 0 aliphatic heterocycles. The molecule has 0 bridgehead atoms. The van der Waals surface area contributed by atoms with Gasteiger partial charge < -0.3 is 4.90 Å². The second-order valence-corrected chi connectivity index (χ2v) is 17.3. The lowest BCUT2D eigenvalue weighted by atomic mass is 9.76. The zero-order valence-corrected chi connectivity index (χ0v) is 35.2. The first kappa shape index (κ1) is 38.3. The molecular weight excluding hydrogens is 735 g/mol. The van der Waals surface area contributed by atoms with E-state index in [0.29, 0.717) is 0 Å². The highest BCUT2D eigenvalue weighted by Crippen LogP contribution is 2.51. The minimum absolute atomic E-state index is 0.0471. The van der Waals surface area contributed by atoms with Gasteiger partial charge in [0, 0.05) is 22.5 Å². The molecule has 1 nitrogen and oxygen atoms in total. The van der Waals surface area contributed by atoms with Crippen LogP contribution in [-0.2, 0) is 10.8 Å². The Kier molecular flexibility index (Phi) is 9.77. The molecule has 0 fully saturated rings. The Bertz CT molecular complexity index is 3030. The van der Waals surface area contributed by atoms with Gasteiger partial charge >= 0.3 is 0 Å². The number of anilines is 2. The van der Waals surface area contributed by atoms with E-state index in [-0.39, 0.29) is 10.8 Å². The molecule has 8 aromatic rings. The second kappa shape index (κ2) is 15.6. The maximum Gasteiger partial charge on any atom is 0.0574 e. The average molecular weight is 786 g/mol. The van der Waals surface area contributed by atoms with E-state index in [1.54, 1.807) is 0 Å². The van der Waals surface area contributed by atoms with Crippen LogP contribution in [0.3, 0.4) is 0 Å². The van der Waals surface area contributed by atoms with Gasteiger partial charge in [-0.3, -0.25) is 0 Å². The first-order valence-corrected chi connectivity index (χ1v) is 21.8. The van der Waals surface area contributed by atoms with E-state index in [1.807, 2.05) is 6.08 Å². The van der Waals surface area contributed by atoms with Crippen molar-refractivity contribution in [1.29, 1.82) is 0 Å². The minimum Gasteiger partial charge on any atom is -0.315 e. The quantitative estimate of drug-likeness (QED) is 0.0677. The Morgan fingerprint density at radius 2 is 1.20 bits per heavy atom. The molecule has 296 valence electrons. The number of fused-ring (bicyclic) bond motifs is 7. The molecule has 0 aromatic heterocycles. The third kappa shape index (κ3) is 6.66. The summed E-state index contributed by atoms with van der Waals surface area (Å²) in [4.78, 5) is 2.38. The Labute approximate surface area is 361 Å². The molecule has 1 heteroatoms. The van der Waals surface area contributed by atoms with Gasteiger partial charge in [-0.1, -0.05) is 190 Å². The van der Waals surface area contributed by atoms with Crippen molar-refractivity contribution in [2.24, 2.45) is 0 Å². The molecule has 2 aliphatic carbocycles. The van der Waals surface area contributed by atoms with Gasteiger partial charge in [0.1, 0.15) is 0 Å². The summed E-state index contributed by atoms with van der Waals surface area (Å²) in [7, 11) is 0. The maximum absolute atomic E-state index is 4.86. The summed E-state index contributed by atoms with van der Waals surface area (Å²) in [5, 5.41) is 4.98.